The number of hydrogen-bond donors (Lipinski definition) is 1. The van der Waals surface area contributed by atoms with Crippen molar-refractivity contribution >= 4 is 22.6 Å². The van der Waals surface area contributed by atoms with Gasteiger partial charge in [-0.1, -0.05) is 0 Å². The fourth-order valence-electron chi connectivity index (χ4n) is 0.961. The third-order valence-corrected chi connectivity index (χ3v) is 2.82. The Kier molecular flexibility index (Phi) is 3.71. The zero-order valence-electron chi connectivity index (χ0n) is 6.97. The van der Waals surface area contributed by atoms with Crippen LogP contribution in [0, 0.1) is 14.9 Å². The highest BCUT2D eigenvalue weighted by molar-refractivity contribution is 14.1. The standard InChI is InChI=1S/C8H6F2IN3/c9-8(10)5-3-14-6(2-13)7(11)4(5)1-12/h3,8H,2,13H2. The summed E-state index contributed by atoms with van der Waals surface area (Å²) in [4.78, 5) is 3.76. The molecule has 0 aliphatic rings. The molecule has 74 valence electrons. The maximum Gasteiger partial charge on any atom is 0.266 e. The largest absolute Gasteiger partial charge is 0.325 e. The highest BCUT2D eigenvalue weighted by Crippen LogP contribution is 2.26. The van der Waals surface area contributed by atoms with Gasteiger partial charge in [-0.05, 0) is 22.6 Å². The number of alkyl halides is 2. The van der Waals surface area contributed by atoms with E-state index in [9.17, 15) is 8.78 Å². The lowest BCUT2D eigenvalue weighted by atomic mass is 10.1. The topological polar surface area (TPSA) is 62.7 Å². The van der Waals surface area contributed by atoms with E-state index in [0.717, 1.165) is 6.20 Å². The van der Waals surface area contributed by atoms with E-state index in [2.05, 4.69) is 4.98 Å². The Morgan fingerprint density at radius 1 is 1.64 bits per heavy atom. The number of pyridine rings is 1. The molecule has 1 heterocycles. The minimum atomic E-state index is -2.68. The van der Waals surface area contributed by atoms with E-state index < -0.39 is 6.43 Å². The van der Waals surface area contributed by atoms with Gasteiger partial charge in [-0.25, -0.2) is 8.78 Å². The van der Waals surface area contributed by atoms with Crippen molar-refractivity contribution in [2.24, 2.45) is 5.73 Å². The average Bonchev–Trinajstić information content (AvgIpc) is 2.17. The summed E-state index contributed by atoms with van der Waals surface area (Å²) in [7, 11) is 0. The second-order valence-electron chi connectivity index (χ2n) is 2.47. The number of halogens is 3. The summed E-state index contributed by atoms with van der Waals surface area (Å²) in [5.74, 6) is 0. The molecule has 14 heavy (non-hydrogen) atoms. The third-order valence-electron chi connectivity index (χ3n) is 1.66. The molecule has 1 rings (SSSR count). The van der Waals surface area contributed by atoms with Crippen LogP contribution in [0.15, 0.2) is 6.20 Å². The predicted molar refractivity (Wildman–Crippen MR) is 54.5 cm³/mol. The van der Waals surface area contributed by atoms with Crippen molar-refractivity contribution in [2.45, 2.75) is 13.0 Å². The van der Waals surface area contributed by atoms with E-state index in [4.69, 9.17) is 11.0 Å². The minimum Gasteiger partial charge on any atom is -0.325 e. The Labute approximate surface area is 93.1 Å². The lowest BCUT2D eigenvalue weighted by Crippen LogP contribution is -2.06. The first-order valence-corrected chi connectivity index (χ1v) is 4.75. The molecule has 0 aliphatic heterocycles. The summed E-state index contributed by atoms with van der Waals surface area (Å²) in [5.41, 5.74) is 5.43. The van der Waals surface area contributed by atoms with Gasteiger partial charge in [0.2, 0.25) is 0 Å². The molecule has 1 aromatic heterocycles. The van der Waals surface area contributed by atoms with Crippen LogP contribution in [0.2, 0.25) is 0 Å². The zero-order chi connectivity index (χ0) is 10.7. The van der Waals surface area contributed by atoms with Crippen LogP contribution in [0.3, 0.4) is 0 Å². The molecular weight excluding hydrogens is 303 g/mol. The number of nitrogens with two attached hydrogens (primary N) is 1. The van der Waals surface area contributed by atoms with Gasteiger partial charge in [-0.2, -0.15) is 5.26 Å². The van der Waals surface area contributed by atoms with Crippen LogP contribution in [-0.2, 0) is 6.54 Å². The van der Waals surface area contributed by atoms with Crippen LogP contribution >= 0.6 is 22.6 Å². The first-order chi connectivity index (χ1) is 6.61. The van der Waals surface area contributed by atoms with Crippen molar-refractivity contribution in [3.8, 4) is 6.07 Å². The van der Waals surface area contributed by atoms with Crippen molar-refractivity contribution in [1.29, 1.82) is 5.26 Å². The maximum atomic E-state index is 12.4. The van der Waals surface area contributed by atoms with Gasteiger partial charge in [-0.3, -0.25) is 4.98 Å². The molecule has 0 amide bonds. The van der Waals surface area contributed by atoms with Gasteiger partial charge in [0, 0.05) is 12.7 Å². The molecule has 6 heteroatoms. The van der Waals surface area contributed by atoms with E-state index in [1.165, 1.54) is 0 Å². The van der Waals surface area contributed by atoms with Gasteiger partial charge in [0.1, 0.15) is 6.07 Å². The van der Waals surface area contributed by atoms with E-state index >= 15 is 0 Å². The Morgan fingerprint density at radius 3 is 2.71 bits per heavy atom. The smallest absolute Gasteiger partial charge is 0.266 e. The molecule has 0 saturated carbocycles. The normalized spacial score (nSPS) is 10.3. The highest BCUT2D eigenvalue weighted by atomic mass is 127. The molecule has 0 atom stereocenters. The average molecular weight is 309 g/mol. The number of aromatic nitrogens is 1. The molecule has 0 spiro atoms. The van der Waals surface area contributed by atoms with Crippen LogP contribution in [0.25, 0.3) is 0 Å². The monoisotopic (exact) mass is 309 g/mol. The maximum absolute atomic E-state index is 12.4. The fraction of sp³-hybridized carbons (Fsp3) is 0.250. The molecule has 3 nitrogen and oxygen atoms in total. The second-order valence-corrected chi connectivity index (χ2v) is 3.54. The molecule has 0 saturated heterocycles. The summed E-state index contributed by atoms with van der Waals surface area (Å²) in [6, 6.07) is 1.74. The van der Waals surface area contributed by atoms with Crippen LogP contribution in [0.4, 0.5) is 8.78 Å². The van der Waals surface area contributed by atoms with Crippen molar-refractivity contribution < 1.29 is 8.78 Å². The number of nitriles is 1. The van der Waals surface area contributed by atoms with Gasteiger partial charge < -0.3 is 5.73 Å². The second kappa shape index (κ2) is 4.61. The van der Waals surface area contributed by atoms with Gasteiger partial charge in [0.15, 0.2) is 0 Å². The summed E-state index contributed by atoms with van der Waals surface area (Å²) in [6.45, 7) is 0.135. The van der Waals surface area contributed by atoms with Crippen LogP contribution < -0.4 is 5.73 Å². The molecule has 0 unspecified atom stereocenters. The van der Waals surface area contributed by atoms with Gasteiger partial charge in [0.25, 0.3) is 6.43 Å². The first kappa shape index (κ1) is 11.3. The van der Waals surface area contributed by atoms with Crippen molar-refractivity contribution in [3.63, 3.8) is 0 Å². The number of nitrogens with zero attached hydrogens (tertiary/aromatic N) is 2. The highest BCUT2D eigenvalue weighted by Gasteiger charge is 2.18. The molecule has 2 N–H and O–H groups in total. The Morgan fingerprint density at radius 2 is 2.29 bits per heavy atom. The van der Waals surface area contributed by atoms with Gasteiger partial charge >= 0.3 is 0 Å². The van der Waals surface area contributed by atoms with E-state index in [0.29, 0.717) is 9.26 Å². The van der Waals surface area contributed by atoms with Crippen LogP contribution in [-0.4, -0.2) is 4.98 Å². The summed E-state index contributed by atoms with van der Waals surface area (Å²) < 4.78 is 25.2. The summed E-state index contributed by atoms with van der Waals surface area (Å²) in [6.07, 6.45) is -1.68. The predicted octanol–water partition coefficient (Wildman–Crippen LogP) is 1.95. The lowest BCUT2D eigenvalue weighted by Gasteiger charge is -2.07. The molecule has 0 bridgehead atoms. The minimum absolute atomic E-state index is 0.0314. The van der Waals surface area contributed by atoms with E-state index in [-0.39, 0.29) is 17.7 Å². The molecule has 0 aromatic carbocycles. The van der Waals surface area contributed by atoms with Gasteiger partial charge in [0.05, 0.1) is 20.4 Å². The zero-order valence-corrected chi connectivity index (χ0v) is 9.12. The molecule has 1 aromatic rings. The van der Waals surface area contributed by atoms with Crippen molar-refractivity contribution in [3.05, 3.63) is 26.6 Å². The quantitative estimate of drug-likeness (QED) is 0.849. The summed E-state index contributed by atoms with van der Waals surface area (Å²) >= 11 is 1.80. The third kappa shape index (κ3) is 1.99. The number of hydrogen-bond acceptors (Lipinski definition) is 3. The van der Waals surface area contributed by atoms with E-state index in [1.807, 2.05) is 0 Å². The molecular formula is C8H6F2IN3. The van der Waals surface area contributed by atoms with Crippen LogP contribution in [0.5, 0.6) is 0 Å². The van der Waals surface area contributed by atoms with Crippen molar-refractivity contribution in [2.75, 3.05) is 0 Å². The SMILES string of the molecule is N#Cc1c(C(F)F)cnc(CN)c1I. The Hall–Kier alpha value is -0.810. The fourth-order valence-corrected chi connectivity index (χ4v) is 1.75. The summed E-state index contributed by atoms with van der Waals surface area (Å²) in [5, 5.41) is 8.71. The molecule has 0 aliphatic carbocycles. The Balaban J connectivity index is 3.38. The van der Waals surface area contributed by atoms with E-state index in [1.54, 1.807) is 28.7 Å². The van der Waals surface area contributed by atoms with Crippen LogP contribution in [0.1, 0.15) is 23.2 Å². The van der Waals surface area contributed by atoms with Crippen molar-refractivity contribution in [1.82, 2.24) is 4.98 Å². The van der Waals surface area contributed by atoms with Gasteiger partial charge in [-0.15, -0.1) is 0 Å². The molecule has 0 fully saturated rings. The lowest BCUT2D eigenvalue weighted by molar-refractivity contribution is 0.150. The first-order valence-electron chi connectivity index (χ1n) is 3.67. The molecule has 0 radical (unpaired) electrons. The Bertz CT molecular complexity index is 387. The number of rotatable bonds is 2.